The Labute approximate surface area is 171 Å². The second kappa shape index (κ2) is 12.6. The molecule has 29 heavy (non-hydrogen) atoms. The maximum atomic E-state index is 12.1. The molecule has 8 heteroatoms. The molecule has 0 aliphatic rings. The summed E-state index contributed by atoms with van der Waals surface area (Å²) in [7, 11) is -1.75. The van der Waals surface area contributed by atoms with Gasteiger partial charge in [-0.3, -0.25) is 0 Å². The molecule has 0 amide bonds. The van der Waals surface area contributed by atoms with Crippen molar-refractivity contribution in [2.75, 3.05) is 32.7 Å². The first-order valence-electron chi connectivity index (χ1n) is 8.75. The van der Waals surface area contributed by atoms with Crippen molar-refractivity contribution < 1.29 is 32.2 Å². The van der Waals surface area contributed by atoms with E-state index in [2.05, 4.69) is 19.7 Å². The molecule has 0 heterocycles. The molecule has 0 N–H and O–H groups in total. The zero-order valence-electron chi connectivity index (χ0n) is 16.5. The zero-order valence-corrected chi connectivity index (χ0v) is 17.3. The van der Waals surface area contributed by atoms with Crippen molar-refractivity contribution in [2.45, 2.75) is 6.42 Å². The van der Waals surface area contributed by atoms with Crippen LogP contribution in [0.25, 0.3) is 0 Å². The van der Waals surface area contributed by atoms with Crippen LogP contribution in [0.4, 0.5) is 0 Å². The summed E-state index contributed by atoms with van der Waals surface area (Å²) in [5.74, 6) is 0.534. The molecule has 0 saturated heterocycles. The lowest BCUT2D eigenvalue weighted by Crippen LogP contribution is -2.11. The Balaban J connectivity index is 2.32. The van der Waals surface area contributed by atoms with Gasteiger partial charge >= 0.3 is 5.97 Å². The van der Waals surface area contributed by atoms with E-state index in [1.165, 1.54) is 19.3 Å². The van der Waals surface area contributed by atoms with Gasteiger partial charge in [0.1, 0.15) is 17.3 Å². The Kier molecular flexibility index (Phi) is 10.5. The third-order valence-electron chi connectivity index (χ3n) is 3.50. The largest absolute Gasteiger partial charge is 0.497 e. The van der Waals surface area contributed by atoms with Crippen molar-refractivity contribution in [3.8, 4) is 5.75 Å². The molecule has 0 bridgehead atoms. The molecule has 1 aromatic carbocycles. The molecule has 1 aromatic rings. The summed E-state index contributed by atoms with van der Waals surface area (Å²) in [5.41, 5.74) is 0.351. The number of ether oxygens (including phenoxy) is 4. The van der Waals surface area contributed by atoms with E-state index in [0.29, 0.717) is 36.7 Å². The zero-order chi connectivity index (χ0) is 21.7. The van der Waals surface area contributed by atoms with E-state index < -0.39 is 15.8 Å². The van der Waals surface area contributed by atoms with Gasteiger partial charge in [-0.05, 0) is 36.4 Å². The number of carbonyl (C=O) groups excluding carboxylic acids is 1. The Hall–Kier alpha value is -2.84. The third kappa shape index (κ3) is 10.3. The highest BCUT2D eigenvalue weighted by atomic mass is 32.2. The average molecular weight is 422 g/mol. The fourth-order valence-electron chi connectivity index (χ4n) is 1.86. The molecule has 7 nitrogen and oxygen atoms in total. The van der Waals surface area contributed by atoms with Crippen LogP contribution in [0.5, 0.6) is 5.75 Å². The number of allylic oxidation sites excluding steroid dienone is 2. The summed E-state index contributed by atoms with van der Waals surface area (Å²) in [6.45, 7) is 11.4. The smallest absolute Gasteiger partial charge is 0.343 e. The number of esters is 1. The molecule has 0 atom stereocenters. The number of sulfone groups is 1. The number of hydrogen-bond acceptors (Lipinski definition) is 7. The van der Waals surface area contributed by atoms with E-state index in [1.54, 1.807) is 24.3 Å². The standard InChI is InChI=1S/C21H26O7S/c1-5-29(23,24)16-15-26-13-6-14-27-20-11-9-19(10-12-20)21(22)28-18(3)8-7-17(2)25-4/h5,7-12H,1-3,6,13-16H2,4H3/b8-7-. The predicted molar refractivity (Wildman–Crippen MR) is 111 cm³/mol. The van der Waals surface area contributed by atoms with Crippen molar-refractivity contribution in [2.24, 2.45) is 0 Å². The molecule has 0 aliphatic heterocycles. The minimum atomic E-state index is -3.23. The lowest BCUT2D eigenvalue weighted by Gasteiger charge is -2.08. The van der Waals surface area contributed by atoms with Crippen molar-refractivity contribution >= 4 is 15.8 Å². The minimum Gasteiger partial charge on any atom is -0.497 e. The van der Waals surface area contributed by atoms with E-state index >= 15 is 0 Å². The van der Waals surface area contributed by atoms with E-state index in [9.17, 15) is 13.2 Å². The number of methoxy groups -OCH3 is 1. The van der Waals surface area contributed by atoms with Crippen LogP contribution in [-0.2, 0) is 24.0 Å². The van der Waals surface area contributed by atoms with Gasteiger partial charge in [0, 0.05) is 18.4 Å². The van der Waals surface area contributed by atoms with Gasteiger partial charge in [-0.2, -0.15) is 0 Å². The van der Waals surface area contributed by atoms with Gasteiger partial charge in [-0.15, -0.1) is 0 Å². The number of carbonyl (C=O) groups is 1. The molecular formula is C21H26O7S. The van der Waals surface area contributed by atoms with Gasteiger partial charge < -0.3 is 18.9 Å². The van der Waals surface area contributed by atoms with Gasteiger partial charge in [0.05, 0.1) is 31.6 Å². The Morgan fingerprint density at radius 2 is 1.69 bits per heavy atom. The highest BCUT2D eigenvalue weighted by Crippen LogP contribution is 2.14. The molecule has 0 spiro atoms. The van der Waals surface area contributed by atoms with Gasteiger partial charge in [0.25, 0.3) is 0 Å². The summed E-state index contributed by atoms with van der Waals surface area (Å²) >= 11 is 0. The fourth-order valence-corrected chi connectivity index (χ4v) is 2.38. The molecular weight excluding hydrogens is 396 g/mol. The number of rotatable bonds is 14. The van der Waals surface area contributed by atoms with Gasteiger partial charge in [-0.1, -0.05) is 19.7 Å². The maximum absolute atomic E-state index is 12.1. The Morgan fingerprint density at radius 1 is 1.03 bits per heavy atom. The first-order valence-corrected chi connectivity index (χ1v) is 10.5. The van der Waals surface area contributed by atoms with Crippen molar-refractivity contribution in [3.05, 3.63) is 78.6 Å². The van der Waals surface area contributed by atoms with Crippen LogP contribution in [0.3, 0.4) is 0 Å². The van der Waals surface area contributed by atoms with Gasteiger partial charge in [0.15, 0.2) is 9.84 Å². The maximum Gasteiger partial charge on any atom is 0.343 e. The fraction of sp³-hybridized carbons (Fsp3) is 0.286. The summed E-state index contributed by atoms with van der Waals surface area (Å²) in [6.07, 6.45) is 3.61. The molecule has 0 radical (unpaired) electrons. The van der Waals surface area contributed by atoms with Gasteiger partial charge in [0.2, 0.25) is 0 Å². The van der Waals surface area contributed by atoms with Crippen LogP contribution in [0.2, 0.25) is 0 Å². The predicted octanol–water partition coefficient (Wildman–Crippen LogP) is 3.42. The number of benzene rings is 1. The summed E-state index contributed by atoms with van der Waals surface area (Å²) < 4.78 is 43.2. The van der Waals surface area contributed by atoms with E-state index in [-0.39, 0.29) is 18.1 Å². The van der Waals surface area contributed by atoms with E-state index in [1.807, 2.05) is 0 Å². The van der Waals surface area contributed by atoms with Crippen molar-refractivity contribution in [1.82, 2.24) is 0 Å². The third-order valence-corrected chi connectivity index (χ3v) is 4.74. The Morgan fingerprint density at radius 3 is 2.31 bits per heavy atom. The molecule has 0 unspecified atom stereocenters. The molecule has 0 fully saturated rings. The molecule has 0 aromatic heterocycles. The quantitative estimate of drug-likeness (QED) is 0.196. The second-order valence-electron chi connectivity index (χ2n) is 5.73. The van der Waals surface area contributed by atoms with Gasteiger partial charge in [-0.25, -0.2) is 13.2 Å². The molecule has 158 valence electrons. The molecule has 1 rings (SSSR count). The summed E-state index contributed by atoms with van der Waals surface area (Å²) in [6, 6.07) is 6.47. The lowest BCUT2D eigenvalue weighted by atomic mass is 10.2. The van der Waals surface area contributed by atoms with E-state index in [0.717, 1.165) is 5.41 Å². The van der Waals surface area contributed by atoms with Crippen LogP contribution in [-0.4, -0.2) is 47.1 Å². The van der Waals surface area contributed by atoms with Crippen LogP contribution in [0.15, 0.2) is 73.1 Å². The minimum absolute atomic E-state index is 0.0851. The first-order chi connectivity index (χ1) is 13.8. The lowest BCUT2D eigenvalue weighted by molar-refractivity contribution is 0.0638. The highest BCUT2D eigenvalue weighted by Gasteiger charge is 2.08. The van der Waals surface area contributed by atoms with Crippen LogP contribution in [0, 0.1) is 0 Å². The molecule has 0 saturated carbocycles. The number of hydrogen-bond donors (Lipinski definition) is 0. The normalized spacial score (nSPS) is 11.1. The average Bonchev–Trinajstić information content (AvgIpc) is 2.71. The molecule has 0 aliphatic carbocycles. The van der Waals surface area contributed by atoms with Crippen molar-refractivity contribution in [1.29, 1.82) is 0 Å². The summed E-state index contributed by atoms with van der Waals surface area (Å²) in [5, 5.41) is 0.921. The van der Waals surface area contributed by atoms with Crippen LogP contribution >= 0.6 is 0 Å². The Bertz CT molecular complexity index is 836. The summed E-state index contributed by atoms with van der Waals surface area (Å²) in [4.78, 5) is 12.1. The second-order valence-corrected chi connectivity index (χ2v) is 7.80. The first kappa shape index (κ1) is 24.2. The SMILES string of the molecule is C=CS(=O)(=O)CCOCCCOc1ccc(C(=O)OC(=C)/C=C\C(=C)OC)cc1. The van der Waals surface area contributed by atoms with Crippen LogP contribution in [0.1, 0.15) is 16.8 Å². The van der Waals surface area contributed by atoms with E-state index in [4.69, 9.17) is 18.9 Å². The topological polar surface area (TPSA) is 88.1 Å². The monoisotopic (exact) mass is 422 g/mol. The highest BCUT2D eigenvalue weighted by molar-refractivity contribution is 7.94. The van der Waals surface area contributed by atoms with Crippen molar-refractivity contribution in [3.63, 3.8) is 0 Å². The van der Waals surface area contributed by atoms with Crippen LogP contribution < -0.4 is 4.74 Å².